The number of aliphatic hydroxyl groups excluding tert-OH is 1. The van der Waals surface area contributed by atoms with Crippen LogP contribution in [0, 0.1) is 5.92 Å². The quantitative estimate of drug-likeness (QED) is 0.558. The van der Waals surface area contributed by atoms with Crippen LogP contribution in [0.25, 0.3) is 0 Å². The molecule has 1 nitrogen and oxygen atoms in total. The highest BCUT2D eigenvalue weighted by Gasteiger charge is 2.31. The highest BCUT2D eigenvalue weighted by molar-refractivity contribution is 5.24. The highest BCUT2D eigenvalue weighted by Crippen LogP contribution is 2.40. The van der Waals surface area contributed by atoms with Crippen molar-refractivity contribution in [1.29, 1.82) is 0 Å². The van der Waals surface area contributed by atoms with Crippen LogP contribution in [0.2, 0.25) is 0 Å². The minimum Gasteiger partial charge on any atom is -0.388 e. The first-order valence-electron chi connectivity index (χ1n) is 7.21. The predicted octanol–water partition coefficient (Wildman–Crippen LogP) is 4.21. The number of allylic oxidation sites excluding steroid dienone is 1. The van der Waals surface area contributed by atoms with Gasteiger partial charge in [0.1, 0.15) is 0 Å². The molecular formula is C15H26O. The average Bonchev–Trinajstić information content (AvgIpc) is 2.89. The van der Waals surface area contributed by atoms with Crippen LogP contribution in [-0.4, -0.2) is 11.2 Å². The maximum Gasteiger partial charge on any atom is 0.0780 e. The molecule has 16 heavy (non-hydrogen) atoms. The second-order valence-corrected chi connectivity index (χ2v) is 5.58. The lowest BCUT2D eigenvalue weighted by Crippen LogP contribution is -2.15. The zero-order valence-corrected chi connectivity index (χ0v) is 10.7. The summed E-state index contributed by atoms with van der Waals surface area (Å²) < 4.78 is 0. The Kier molecular flexibility index (Phi) is 4.45. The molecule has 0 aromatic rings. The number of hydrogen-bond donors (Lipinski definition) is 1. The fourth-order valence-electron chi connectivity index (χ4n) is 3.40. The van der Waals surface area contributed by atoms with Gasteiger partial charge in [0.05, 0.1) is 6.10 Å². The van der Waals surface area contributed by atoms with E-state index in [1.54, 1.807) is 5.57 Å². The van der Waals surface area contributed by atoms with Crippen molar-refractivity contribution in [3.8, 4) is 0 Å². The van der Waals surface area contributed by atoms with Gasteiger partial charge in [-0.1, -0.05) is 31.8 Å². The summed E-state index contributed by atoms with van der Waals surface area (Å²) in [5.41, 5.74) is 3.06. The van der Waals surface area contributed by atoms with Gasteiger partial charge in [-0.3, -0.25) is 0 Å². The molecule has 0 aromatic heterocycles. The van der Waals surface area contributed by atoms with Crippen molar-refractivity contribution in [2.45, 2.75) is 77.2 Å². The summed E-state index contributed by atoms with van der Waals surface area (Å²) in [5.74, 6) is 0.578. The van der Waals surface area contributed by atoms with Crippen LogP contribution in [0.5, 0.6) is 0 Å². The maximum absolute atomic E-state index is 10.4. The molecule has 2 atom stereocenters. The summed E-state index contributed by atoms with van der Waals surface area (Å²) in [6.45, 7) is 2.25. The van der Waals surface area contributed by atoms with Crippen molar-refractivity contribution in [2.75, 3.05) is 0 Å². The lowest BCUT2D eigenvalue weighted by Gasteiger charge is -2.16. The molecule has 0 aliphatic heterocycles. The van der Waals surface area contributed by atoms with Gasteiger partial charge in [0.2, 0.25) is 0 Å². The fourth-order valence-corrected chi connectivity index (χ4v) is 3.40. The molecule has 0 bridgehead atoms. The molecule has 2 unspecified atom stereocenters. The molecule has 0 aromatic carbocycles. The number of rotatable bonds is 4. The zero-order chi connectivity index (χ0) is 11.4. The first-order chi connectivity index (χ1) is 7.83. The van der Waals surface area contributed by atoms with Gasteiger partial charge in [-0.05, 0) is 56.4 Å². The lowest BCUT2D eigenvalue weighted by molar-refractivity contribution is 0.154. The van der Waals surface area contributed by atoms with Gasteiger partial charge in [0.25, 0.3) is 0 Å². The summed E-state index contributed by atoms with van der Waals surface area (Å²) in [5, 5.41) is 10.4. The van der Waals surface area contributed by atoms with Crippen LogP contribution in [-0.2, 0) is 0 Å². The largest absolute Gasteiger partial charge is 0.388 e. The van der Waals surface area contributed by atoms with Crippen LogP contribution in [0.15, 0.2) is 11.1 Å². The number of aliphatic hydroxyl groups is 1. The third-order valence-corrected chi connectivity index (χ3v) is 4.43. The van der Waals surface area contributed by atoms with E-state index in [0.29, 0.717) is 5.92 Å². The standard InChI is InChI=1S/C15H26O/c1-2-3-4-9-13-10-11-14(15(13)16)12-7-5-6-8-12/h13,15-16H,2-11H2,1H3. The van der Waals surface area contributed by atoms with E-state index in [-0.39, 0.29) is 6.10 Å². The molecular weight excluding hydrogens is 196 g/mol. The maximum atomic E-state index is 10.4. The van der Waals surface area contributed by atoms with Crippen molar-refractivity contribution >= 4 is 0 Å². The molecule has 2 aliphatic carbocycles. The van der Waals surface area contributed by atoms with Gasteiger partial charge < -0.3 is 5.11 Å². The molecule has 1 N–H and O–H groups in total. The third kappa shape index (κ3) is 2.68. The van der Waals surface area contributed by atoms with Crippen LogP contribution in [0.1, 0.15) is 71.1 Å². The van der Waals surface area contributed by atoms with E-state index in [1.807, 2.05) is 0 Å². The van der Waals surface area contributed by atoms with E-state index < -0.39 is 0 Å². The first kappa shape index (κ1) is 12.2. The first-order valence-corrected chi connectivity index (χ1v) is 7.21. The Balaban J connectivity index is 1.88. The second-order valence-electron chi connectivity index (χ2n) is 5.58. The van der Waals surface area contributed by atoms with Gasteiger partial charge in [0, 0.05) is 0 Å². The van der Waals surface area contributed by atoms with E-state index in [1.165, 1.54) is 69.8 Å². The van der Waals surface area contributed by atoms with Crippen molar-refractivity contribution in [2.24, 2.45) is 5.92 Å². The molecule has 2 aliphatic rings. The van der Waals surface area contributed by atoms with Gasteiger partial charge in [0.15, 0.2) is 0 Å². The monoisotopic (exact) mass is 222 g/mol. The molecule has 1 heteroatoms. The van der Waals surface area contributed by atoms with E-state index >= 15 is 0 Å². The minimum absolute atomic E-state index is 0.0787. The van der Waals surface area contributed by atoms with Gasteiger partial charge in [-0.15, -0.1) is 0 Å². The molecule has 0 amide bonds. The molecule has 0 saturated heterocycles. The molecule has 2 saturated carbocycles. The smallest absolute Gasteiger partial charge is 0.0780 e. The van der Waals surface area contributed by atoms with Crippen LogP contribution < -0.4 is 0 Å². The molecule has 92 valence electrons. The predicted molar refractivity (Wildman–Crippen MR) is 68.4 cm³/mol. The average molecular weight is 222 g/mol. The van der Waals surface area contributed by atoms with Crippen LogP contribution in [0.3, 0.4) is 0 Å². The van der Waals surface area contributed by atoms with Gasteiger partial charge in [-0.2, -0.15) is 0 Å². The summed E-state index contributed by atoms with van der Waals surface area (Å²) in [6.07, 6.45) is 12.8. The van der Waals surface area contributed by atoms with E-state index in [9.17, 15) is 5.11 Å². The topological polar surface area (TPSA) is 20.2 Å². The van der Waals surface area contributed by atoms with Crippen LogP contribution in [0.4, 0.5) is 0 Å². The summed E-state index contributed by atoms with van der Waals surface area (Å²) in [4.78, 5) is 0. The summed E-state index contributed by atoms with van der Waals surface area (Å²) in [6, 6.07) is 0. The van der Waals surface area contributed by atoms with Gasteiger partial charge in [-0.25, -0.2) is 0 Å². The Bertz CT molecular complexity index is 246. The molecule has 0 heterocycles. The lowest BCUT2D eigenvalue weighted by atomic mass is 9.95. The second kappa shape index (κ2) is 5.86. The molecule has 0 spiro atoms. The highest BCUT2D eigenvalue weighted by atomic mass is 16.3. The Hall–Kier alpha value is -0.300. The third-order valence-electron chi connectivity index (χ3n) is 4.43. The van der Waals surface area contributed by atoms with Crippen molar-refractivity contribution in [3.63, 3.8) is 0 Å². The van der Waals surface area contributed by atoms with E-state index in [2.05, 4.69) is 6.92 Å². The summed E-state index contributed by atoms with van der Waals surface area (Å²) in [7, 11) is 0. The van der Waals surface area contributed by atoms with E-state index in [4.69, 9.17) is 0 Å². The number of hydrogen-bond acceptors (Lipinski definition) is 1. The molecule has 0 radical (unpaired) electrons. The SMILES string of the molecule is CCCCCC1CCC(=C2CCCC2)C1O. The number of unbranched alkanes of at least 4 members (excludes halogenated alkanes) is 2. The molecule has 2 fully saturated rings. The van der Waals surface area contributed by atoms with E-state index in [0.717, 1.165) is 0 Å². The van der Waals surface area contributed by atoms with Gasteiger partial charge >= 0.3 is 0 Å². The molecule has 2 rings (SSSR count). The van der Waals surface area contributed by atoms with Crippen molar-refractivity contribution in [1.82, 2.24) is 0 Å². The summed E-state index contributed by atoms with van der Waals surface area (Å²) >= 11 is 0. The Labute approximate surface area is 99.9 Å². The Morgan fingerprint density at radius 3 is 2.56 bits per heavy atom. The van der Waals surface area contributed by atoms with Crippen molar-refractivity contribution < 1.29 is 5.11 Å². The minimum atomic E-state index is -0.0787. The fraction of sp³-hybridized carbons (Fsp3) is 0.867. The van der Waals surface area contributed by atoms with Crippen LogP contribution >= 0.6 is 0 Å². The normalized spacial score (nSPS) is 30.4. The Morgan fingerprint density at radius 2 is 1.88 bits per heavy atom. The Morgan fingerprint density at radius 1 is 1.12 bits per heavy atom. The van der Waals surface area contributed by atoms with Crippen molar-refractivity contribution in [3.05, 3.63) is 11.1 Å². The zero-order valence-electron chi connectivity index (χ0n) is 10.7.